The van der Waals surface area contributed by atoms with Crippen molar-refractivity contribution in [3.05, 3.63) is 64.0 Å². The van der Waals surface area contributed by atoms with Gasteiger partial charge in [-0.15, -0.1) is 0 Å². The van der Waals surface area contributed by atoms with Gasteiger partial charge in [0.15, 0.2) is 11.6 Å². The van der Waals surface area contributed by atoms with E-state index in [4.69, 9.17) is 9.47 Å². The Bertz CT molecular complexity index is 749. The van der Waals surface area contributed by atoms with E-state index in [1.807, 2.05) is 0 Å². The van der Waals surface area contributed by atoms with Gasteiger partial charge in [0.25, 0.3) is 5.69 Å². The fraction of sp³-hybridized carbons (Fsp3) is 0.188. The van der Waals surface area contributed by atoms with E-state index in [9.17, 15) is 19.3 Å². The summed E-state index contributed by atoms with van der Waals surface area (Å²) in [6.07, 6.45) is -0.736. The number of nitrogens with zero attached hydrogens (tertiary/aromatic N) is 1. The number of hydrogen-bond donors (Lipinski definition) is 1. The van der Waals surface area contributed by atoms with E-state index in [-0.39, 0.29) is 17.2 Å². The van der Waals surface area contributed by atoms with Gasteiger partial charge < -0.3 is 14.8 Å². The van der Waals surface area contributed by atoms with E-state index in [0.717, 1.165) is 0 Å². The number of benzene rings is 2. The molecule has 0 radical (unpaired) electrons. The van der Waals surface area contributed by atoms with Gasteiger partial charge in [0, 0.05) is 12.1 Å². The zero-order valence-electron chi connectivity index (χ0n) is 13.0. The monoisotopic (exact) mass is 334 g/mol. The van der Waals surface area contributed by atoms with E-state index in [1.165, 1.54) is 49.6 Å². The summed E-state index contributed by atoms with van der Waals surface area (Å²) < 4.78 is 23.3. The Hall–Kier alpha value is -3.16. The minimum Gasteiger partial charge on any atom is -0.494 e. The van der Waals surface area contributed by atoms with Crippen molar-refractivity contribution in [3.63, 3.8) is 0 Å². The number of ether oxygens (including phenoxy) is 2. The highest BCUT2D eigenvalue weighted by atomic mass is 19.1. The van der Waals surface area contributed by atoms with Gasteiger partial charge in [-0.25, -0.2) is 9.18 Å². The average Bonchev–Trinajstić information content (AvgIpc) is 2.55. The first-order chi connectivity index (χ1) is 11.4. The van der Waals surface area contributed by atoms with Crippen molar-refractivity contribution >= 4 is 11.8 Å². The molecule has 2 aromatic carbocycles. The molecule has 126 valence electrons. The van der Waals surface area contributed by atoms with Crippen LogP contribution >= 0.6 is 0 Å². The third-order valence-electron chi connectivity index (χ3n) is 3.27. The normalized spacial score (nSPS) is 11.5. The van der Waals surface area contributed by atoms with Crippen molar-refractivity contribution in [2.24, 2.45) is 0 Å². The van der Waals surface area contributed by atoms with Crippen LogP contribution in [0.25, 0.3) is 0 Å². The molecule has 0 saturated carbocycles. The lowest BCUT2D eigenvalue weighted by molar-refractivity contribution is -0.384. The quantitative estimate of drug-likeness (QED) is 0.666. The van der Waals surface area contributed by atoms with Crippen LogP contribution in [0.5, 0.6) is 11.5 Å². The fourth-order valence-corrected chi connectivity index (χ4v) is 1.98. The summed E-state index contributed by atoms with van der Waals surface area (Å²) in [6, 6.07) is 8.90. The summed E-state index contributed by atoms with van der Waals surface area (Å²) in [6.45, 7) is 1.70. The molecule has 0 aliphatic rings. The summed E-state index contributed by atoms with van der Waals surface area (Å²) in [5, 5.41) is 13.1. The molecule has 0 unspecified atom stereocenters. The number of methoxy groups -OCH3 is 1. The maximum Gasteiger partial charge on any atom is 0.413 e. The minimum atomic E-state index is -0.736. The van der Waals surface area contributed by atoms with Crippen molar-refractivity contribution < 1.29 is 23.6 Å². The molecule has 1 atom stereocenters. The van der Waals surface area contributed by atoms with Crippen molar-refractivity contribution in [1.82, 2.24) is 5.32 Å². The largest absolute Gasteiger partial charge is 0.494 e. The van der Waals surface area contributed by atoms with Crippen LogP contribution in [0.4, 0.5) is 14.9 Å². The molecule has 8 heteroatoms. The maximum atomic E-state index is 13.4. The van der Waals surface area contributed by atoms with Crippen LogP contribution in [-0.4, -0.2) is 18.1 Å². The molecule has 0 aromatic heterocycles. The number of hydrogen-bond acceptors (Lipinski definition) is 5. The first-order valence-corrected chi connectivity index (χ1v) is 6.97. The average molecular weight is 334 g/mol. The molecule has 2 rings (SSSR count). The van der Waals surface area contributed by atoms with Gasteiger partial charge in [0.1, 0.15) is 5.75 Å². The standard InChI is InChI=1S/C16H15FN2O5/c1-10(11-3-8-14(17)15(9-11)23-2)18-16(20)24-13-6-4-12(5-7-13)19(21)22/h3-10H,1-2H3,(H,18,20)/t10-/m1/s1. The van der Waals surface area contributed by atoms with Gasteiger partial charge in [0.2, 0.25) is 0 Å². The van der Waals surface area contributed by atoms with Crippen LogP contribution in [0.1, 0.15) is 18.5 Å². The lowest BCUT2D eigenvalue weighted by atomic mass is 10.1. The molecular formula is C16H15FN2O5. The second-order valence-electron chi connectivity index (χ2n) is 4.90. The zero-order chi connectivity index (χ0) is 17.7. The number of non-ortho nitro benzene ring substituents is 1. The summed E-state index contributed by atoms with van der Waals surface area (Å²) in [5.74, 6) is -0.256. The van der Waals surface area contributed by atoms with Crippen LogP contribution < -0.4 is 14.8 Å². The predicted octanol–water partition coefficient (Wildman–Crippen LogP) is 3.59. The number of amides is 1. The highest BCUT2D eigenvalue weighted by Gasteiger charge is 2.14. The molecule has 0 spiro atoms. The molecule has 1 amide bonds. The van der Waals surface area contributed by atoms with Gasteiger partial charge >= 0.3 is 6.09 Å². The molecule has 24 heavy (non-hydrogen) atoms. The van der Waals surface area contributed by atoms with Gasteiger partial charge in [-0.2, -0.15) is 0 Å². The molecule has 0 aliphatic heterocycles. The van der Waals surface area contributed by atoms with E-state index in [1.54, 1.807) is 6.92 Å². The summed E-state index contributed by atoms with van der Waals surface area (Å²) in [4.78, 5) is 21.9. The molecule has 1 N–H and O–H groups in total. The lowest BCUT2D eigenvalue weighted by Gasteiger charge is -2.15. The Labute approximate surface area is 137 Å². The lowest BCUT2D eigenvalue weighted by Crippen LogP contribution is -2.29. The number of nitrogens with one attached hydrogen (secondary N) is 1. The van der Waals surface area contributed by atoms with E-state index in [0.29, 0.717) is 5.56 Å². The van der Waals surface area contributed by atoms with Crippen molar-refractivity contribution in [2.45, 2.75) is 13.0 Å². The zero-order valence-corrected chi connectivity index (χ0v) is 13.0. The number of carbonyl (C=O) groups is 1. The van der Waals surface area contributed by atoms with Crippen molar-refractivity contribution in [1.29, 1.82) is 0 Å². The van der Waals surface area contributed by atoms with Crippen LogP contribution in [0.15, 0.2) is 42.5 Å². The van der Waals surface area contributed by atoms with Crippen LogP contribution in [0.3, 0.4) is 0 Å². The first kappa shape index (κ1) is 17.2. The Kier molecular flexibility index (Phi) is 5.31. The van der Waals surface area contributed by atoms with Gasteiger partial charge in [-0.1, -0.05) is 6.07 Å². The smallest absolute Gasteiger partial charge is 0.413 e. The van der Waals surface area contributed by atoms with Crippen molar-refractivity contribution in [3.8, 4) is 11.5 Å². The topological polar surface area (TPSA) is 90.7 Å². The predicted molar refractivity (Wildman–Crippen MR) is 83.6 cm³/mol. The molecule has 0 heterocycles. The molecule has 0 fully saturated rings. The van der Waals surface area contributed by atoms with Gasteiger partial charge in [-0.3, -0.25) is 10.1 Å². The number of nitro benzene ring substituents is 1. The number of carbonyl (C=O) groups excluding carboxylic acids is 1. The second kappa shape index (κ2) is 7.40. The third kappa shape index (κ3) is 4.19. The number of halogens is 1. The fourth-order valence-electron chi connectivity index (χ4n) is 1.98. The van der Waals surface area contributed by atoms with E-state index < -0.39 is 22.9 Å². The third-order valence-corrected chi connectivity index (χ3v) is 3.27. The number of nitro groups is 1. The highest BCUT2D eigenvalue weighted by molar-refractivity contribution is 5.71. The number of rotatable bonds is 5. The van der Waals surface area contributed by atoms with Crippen LogP contribution in [0.2, 0.25) is 0 Å². The minimum absolute atomic E-state index is 0.0740. The van der Waals surface area contributed by atoms with Crippen molar-refractivity contribution in [2.75, 3.05) is 7.11 Å². The second-order valence-corrected chi connectivity index (χ2v) is 4.90. The molecule has 0 aliphatic carbocycles. The van der Waals surface area contributed by atoms with E-state index in [2.05, 4.69) is 5.32 Å². The molecular weight excluding hydrogens is 319 g/mol. The highest BCUT2D eigenvalue weighted by Crippen LogP contribution is 2.23. The molecule has 0 bridgehead atoms. The Morgan fingerprint density at radius 3 is 2.50 bits per heavy atom. The SMILES string of the molecule is COc1cc([C@@H](C)NC(=O)Oc2ccc([N+](=O)[O-])cc2)ccc1F. The molecule has 0 saturated heterocycles. The molecule has 7 nitrogen and oxygen atoms in total. The molecule has 2 aromatic rings. The summed E-state index contributed by atoms with van der Waals surface area (Å²) >= 11 is 0. The van der Waals surface area contributed by atoms with Crippen LogP contribution in [-0.2, 0) is 0 Å². The van der Waals surface area contributed by atoms with Gasteiger partial charge in [0.05, 0.1) is 18.1 Å². The van der Waals surface area contributed by atoms with E-state index >= 15 is 0 Å². The summed E-state index contributed by atoms with van der Waals surface area (Å²) in [7, 11) is 1.35. The summed E-state index contributed by atoms with van der Waals surface area (Å²) in [5.41, 5.74) is 0.531. The maximum absolute atomic E-state index is 13.4. The Balaban J connectivity index is 1.99. The Morgan fingerprint density at radius 2 is 1.92 bits per heavy atom. The van der Waals surface area contributed by atoms with Crippen LogP contribution in [0, 0.1) is 15.9 Å². The van der Waals surface area contributed by atoms with Gasteiger partial charge in [-0.05, 0) is 36.8 Å². The first-order valence-electron chi connectivity index (χ1n) is 6.97. The Morgan fingerprint density at radius 1 is 1.25 bits per heavy atom.